The van der Waals surface area contributed by atoms with E-state index in [4.69, 9.17) is 11.5 Å². The average Bonchev–Trinajstić information content (AvgIpc) is 2.47. The summed E-state index contributed by atoms with van der Waals surface area (Å²) in [6.07, 6.45) is 0. The van der Waals surface area contributed by atoms with E-state index in [1.165, 1.54) is 16.7 Å². The molecule has 1 heterocycles. The molecule has 4 nitrogen and oxygen atoms in total. The highest BCUT2D eigenvalue weighted by atomic mass is 15.1. The van der Waals surface area contributed by atoms with Crippen LogP contribution in [0, 0.1) is 0 Å². The Morgan fingerprint density at radius 3 is 2.52 bits per heavy atom. The molecule has 1 aliphatic rings. The molecular formula is C17H22N4. The maximum atomic E-state index is 6.17. The minimum absolute atomic E-state index is 0.315. The number of benzene rings is 2. The van der Waals surface area contributed by atoms with Gasteiger partial charge < -0.3 is 21.7 Å². The molecule has 0 saturated carbocycles. The maximum absolute atomic E-state index is 6.17. The summed E-state index contributed by atoms with van der Waals surface area (Å²) in [5.74, 6) is 0.315. The molecule has 0 spiro atoms. The van der Waals surface area contributed by atoms with Crippen LogP contribution in [0.25, 0.3) is 0 Å². The number of nitrogens with one attached hydrogen (secondary N) is 1. The van der Waals surface area contributed by atoms with E-state index in [1.807, 2.05) is 13.1 Å². The number of fused-ring (bicyclic) bond motifs is 1. The fourth-order valence-corrected chi connectivity index (χ4v) is 3.15. The Hall–Kier alpha value is -2.20. The van der Waals surface area contributed by atoms with Gasteiger partial charge in [0.25, 0.3) is 0 Å². The van der Waals surface area contributed by atoms with Crippen molar-refractivity contribution in [3.05, 3.63) is 53.1 Å². The molecule has 110 valence electrons. The van der Waals surface area contributed by atoms with Crippen molar-refractivity contribution in [2.75, 3.05) is 37.4 Å². The summed E-state index contributed by atoms with van der Waals surface area (Å²) in [5.41, 5.74) is 18.6. The van der Waals surface area contributed by atoms with Crippen LogP contribution in [0.4, 0.5) is 17.1 Å². The number of nitrogens with zero attached hydrogens (tertiary/aromatic N) is 1. The molecule has 1 atom stereocenters. The lowest BCUT2D eigenvalue weighted by Crippen LogP contribution is -2.31. The Morgan fingerprint density at radius 2 is 1.86 bits per heavy atom. The topological polar surface area (TPSA) is 67.3 Å². The van der Waals surface area contributed by atoms with E-state index in [2.05, 4.69) is 47.6 Å². The first-order valence-electron chi connectivity index (χ1n) is 7.22. The van der Waals surface area contributed by atoms with Crippen LogP contribution in [0.1, 0.15) is 22.6 Å². The van der Waals surface area contributed by atoms with Crippen LogP contribution in [0.5, 0.6) is 0 Å². The quantitative estimate of drug-likeness (QED) is 0.740. The Balaban J connectivity index is 2.07. The maximum Gasteiger partial charge on any atom is 0.0383 e. The summed E-state index contributed by atoms with van der Waals surface area (Å²) in [4.78, 5) is 2.31. The first-order chi connectivity index (χ1) is 10.1. The number of nitrogen functional groups attached to an aromatic ring is 2. The smallest absolute Gasteiger partial charge is 0.0383 e. The Kier molecular flexibility index (Phi) is 3.47. The molecule has 4 heteroatoms. The van der Waals surface area contributed by atoms with E-state index < -0.39 is 0 Å². The highest BCUT2D eigenvalue weighted by Crippen LogP contribution is 2.37. The van der Waals surface area contributed by atoms with Crippen LogP contribution in [0.3, 0.4) is 0 Å². The fraction of sp³-hybridized carbons (Fsp3) is 0.294. The lowest BCUT2D eigenvalue weighted by Gasteiger charge is -2.33. The number of likely N-dealkylation sites (N-methyl/N-ethyl adjacent to an activating group) is 1. The number of hydrogen-bond acceptors (Lipinski definition) is 4. The average molecular weight is 282 g/mol. The first-order valence-corrected chi connectivity index (χ1v) is 7.22. The molecule has 2 aromatic carbocycles. The van der Waals surface area contributed by atoms with E-state index >= 15 is 0 Å². The highest BCUT2D eigenvalue weighted by molar-refractivity contribution is 5.63. The molecular weight excluding hydrogens is 260 g/mol. The second-order valence-corrected chi connectivity index (χ2v) is 5.80. The molecule has 0 aliphatic carbocycles. The molecule has 0 amide bonds. The van der Waals surface area contributed by atoms with Crippen LogP contribution in [0.15, 0.2) is 36.4 Å². The predicted molar refractivity (Wildman–Crippen MR) is 89.4 cm³/mol. The zero-order valence-corrected chi connectivity index (χ0v) is 12.6. The Morgan fingerprint density at radius 1 is 1.14 bits per heavy atom. The standard InChI is InChI=1S/C17H22N4/c1-20-13-5-3-11(4-6-13)15-9-21(2)10-16-14(15)7-12(18)8-17(16)19/h3-8,15,20H,9-10,18-19H2,1-2H3. The summed E-state index contributed by atoms with van der Waals surface area (Å²) < 4.78 is 0. The van der Waals surface area contributed by atoms with Gasteiger partial charge in [0, 0.05) is 43.1 Å². The molecule has 21 heavy (non-hydrogen) atoms. The van der Waals surface area contributed by atoms with Crippen LogP contribution in [-0.2, 0) is 6.54 Å². The van der Waals surface area contributed by atoms with Gasteiger partial charge in [-0.05, 0) is 48.0 Å². The lowest BCUT2D eigenvalue weighted by atomic mass is 9.84. The molecule has 5 N–H and O–H groups in total. The molecule has 3 rings (SSSR count). The van der Waals surface area contributed by atoms with Gasteiger partial charge in [-0.25, -0.2) is 0 Å². The molecule has 0 saturated heterocycles. The summed E-state index contributed by atoms with van der Waals surface area (Å²) in [6, 6.07) is 12.5. The van der Waals surface area contributed by atoms with Gasteiger partial charge in [-0.2, -0.15) is 0 Å². The van der Waals surface area contributed by atoms with E-state index in [9.17, 15) is 0 Å². The fourth-order valence-electron chi connectivity index (χ4n) is 3.15. The van der Waals surface area contributed by atoms with Crippen molar-refractivity contribution < 1.29 is 0 Å². The Bertz CT molecular complexity index is 649. The number of rotatable bonds is 2. The van der Waals surface area contributed by atoms with Crippen molar-refractivity contribution >= 4 is 17.1 Å². The first kappa shape index (κ1) is 13.8. The summed E-state index contributed by atoms with van der Waals surface area (Å²) in [6.45, 7) is 1.86. The van der Waals surface area contributed by atoms with Gasteiger partial charge in [0.05, 0.1) is 0 Å². The normalized spacial score (nSPS) is 18.3. The summed E-state index contributed by atoms with van der Waals surface area (Å²) in [5, 5.41) is 3.15. The van der Waals surface area contributed by atoms with Gasteiger partial charge >= 0.3 is 0 Å². The summed E-state index contributed by atoms with van der Waals surface area (Å²) in [7, 11) is 4.06. The minimum Gasteiger partial charge on any atom is -0.399 e. The van der Waals surface area contributed by atoms with Crippen molar-refractivity contribution in [3.8, 4) is 0 Å². The molecule has 0 radical (unpaired) electrons. The molecule has 0 bridgehead atoms. The van der Waals surface area contributed by atoms with Crippen LogP contribution in [-0.4, -0.2) is 25.5 Å². The minimum atomic E-state index is 0.315. The van der Waals surface area contributed by atoms with E-state index in [0.29, 0.717) is 5.92 Å². The lowest BCUT2D eigenvalue weighted by molar-refractivity contribution is 0.296. The van der Waals surface area contributed by atoms with Gasteiger partial charge in [-0.3, -0.25) is 0 Å². The van der Waals surface area contributed by atoms with Crippen molar-refractivity contribution in [3.63, 3.8) is 0 Å². The SMILES string of the molecule is CNc1ccc(C2CN(C)Cc3c(N)cc(N)cc32)cc1. The number of hydrogen-bond donors (Lipinski definition) is 3. The largest absolute Gasteiger partial charge is 0.399 e. The van der Waals surface area contributed by atoms with Gasteiger partial charge in [0.1, 0.15) is 0 Å². The van der Waals surface area contributed by atoms with Crippen molar-refractivity contribution in [2.24, 2.45) is 0 Å². The van der Waals surface area contributed by atoms with Crippen molar-refractivity contribution in [1.29, 1.82) is 0 Å². The van der Waals surface area contributed by atoms with Gasteiger partial charge in [-0.15, -0.1) is 0 Å². The van der Waals surface area contributed by atoms with Crippen molar-refractivity contribution in [1.82, 2.24) is 4.90 Å². The van der Waals surface area contributed by atoms with Crippen LogP contribution in [0.2, 0.25) is 0 Å². The summed E-state index contributed by atoms with van der Waals surface area (Å²) >= 11 is 0. The number of nitrogens with two attached hydrogens (primary N) is 2. The molecule has 2 aromatic rings. The Labute approximate surface area is 125 Å². The second kappa shape index (κ2) is 5.30. The molecule has 0 fully saturated rings. The van der Waals surface area contributed by atoms with E-state index in [0.717, 1.165) is 30.2 Å². The van der Waals surface area contributed by atoms with E-state index in [-0.39, 0.29) is 0 Å². The molecule has 1 unspecified atom stereocenters. The molecule has 0 aromatic heterocycles. The van der Waals surface area contributed by atoms with Crippen LogP contribution >= 0.6 is 0 Å². The second-order valence-electron chi connectivity index (χ2n) is 5.80. The monoisotopic (exact) mass is 282 g/mol. The zero-order chi connectivity index (χ0) is 15.0. The van der Waals surface area contributed by atoms with Crippen LogP contribution < -0.4 is 16.8 Å². The molecule has 1 aliphatic heterocycles. The third-order valence-corrected chi connectivity index (χ3v) is 4.24. The van der Waals surface area contributed by atoms with Gasteiger partial charge in [0.15, 0.2) is 0 Å². The van der Waals surface area contributed by atoms with E-state index in [1.54, 1.807) is 0 Å². The number of anilines is 3. The third-order valence-electron chi connectivity index (χ3n) is 4.24. The third kappa shape index (κ3) is 2.54. The highest BCUT2D eigenvalue weighted by Gasteiger charge is 2.26. The van der Waals surface area contributed by atoms with Gasteiger partial charge in [0.2, 0.25) is 0 Å². The van der Waals surface area contributed by atoms with Crippen molar-refractivity contribution in [2.45, 2.75) is 12.5 Å². The van der Waals surface area contributed by atoms with Gasteiger partial charge in [-0.1, -0.05) is 12.1 Å². The zero-order valence-electron chi connectivity index (χ0n) is 12.6. The predicted octanol–water partition coefficient (Wildman–Crippen LogP) is 2.47.